The lowest BCUT2D eigenvalue weighted by Gasteiger charge is -2.30. The van der Waals surface area contributed by atoms with Gasteiger partial charge in [0.05, 0.1) is 7.11 Å². The highest BCUT2D eigenvalue weighted by Crippen LogP contribution is 2.18. The maximum Gasteiger partial charge on any atom is 0.324 e. The van der Waals surface area contributed by atoms with Gasteiger partial charge in [-0.2, -0.15) is 0 Å². The molecule has 1 fully saturated rings. The van der Waals surface area contributed by atoms with E-state index in [-0.39, 0.29) is 18.1 Å². The highest BCUT2D eigenvalue weighted by molar-refractivity contribution is 5.76. The van der Waals surface area contributed by atoms with Crippen LogP contribution in [0.15, 0.2) is 0 Å². The Bertz CT molecular complexity index is 282. The van der Waals surface area contributed by atoms with Gasteiger partial charge in [-0.3, -0.25) is 9.69 Å². The number of likely N-dealkylation sites (tertiary alicyclic amines) is 1. The molecule has 0 aliphatic carbocycles. The Hall–Kier alpha value is -0.650. The van der Waals surface area contributed by atoms with Crippen LogP contribution in [-0.4, -0.2) is 74.7 Å². The molecule has 1 heterocycles. The summed E-state index contributed by atoms with van der Waals surface area (Å²) in [6.45, 7) is 6.97. The largest absolute Gasteiger partial charge is 0.468 e. The topological polar surface area (TPSA) is 44.8 Å². The average Bonchev–Trinajstić information content (AvgIpc) is 2.73. The van der Waals surface area contributed by atoms with Crippen molar-refractivity contribution in [2.45, 2.75) is 44.8 Å². The van der Waals surface area contributed by atoms with E-state index in [0.717, 1.165) is 19.6 Å². The fourth-order valence-corrected chi connectivity index (χ4v) is 2.74. The van der Waals surface area contributed by atoms with Gasteiger partial charge in [0.25, 0.3) is 0 Å². The molecule has 1 rings (SSSR count). The highest BCUT2D eigenvalue weighted by atomic mass is 16.5. The van der Waals surface area contributed by atoms with E-state index in [1.54, 1.807) is 0 Å². The zero-order valence-corrected chi connectivity index (χ0v) is 13.0. The third kappa shape index (κ3) is 5.47. The Morgan fingerprint density at radius 1 is 1.47 bits per heavy atom. The molecule has 19 heavy (non-hydrogen) atoms. The van der Waals surface area contributed by atoms with Gasteiger partial charge in [0.15, 0.2) is 0 Å². The normalized spacial score (nSPS) is 22.2. The number of likely N-dealkylation sites (N-methyl/N-ethyl adjacent to an activating group) is 1. The number of carbonyl (C=O) groups is 1. The molecule has 0 bridgehead atoms. The van der Waals surface area contributed by atoms with Crippen LogP contribution < -0.4 is 5.32 Å². The first-order valence-corrected chi connectivity index (χ1v) is 7.16. The molecule has 2 atom stereocenters. The first kappa shape index (κ1) is 16.4. The van der Waals surface area contributed by atoms with Gasteiger partial charge in [0, 0.05) is 25.2 Å². The van der Waals surface area contributed by atoms with Crippen molar-refractivity contribution >= 4 is 5.97 Å². The van der Waals surface area contributed by atoms with Gasteiger partial charge in [-0.1, -0.05) is 13.8 Å². The second-order valence-corrected chi connectivity index (χ2v) is 5.95. The van der Waals surface area contributed by atoms with Crippen LogP contribution in [0.2, 0.25) is 0 Å². The molecule has 1 aliphatic heterocycles. The van der Waals surface area contributed by atoms with Crippen LogP contribution in [-0.2, 0) is 9.53 Å². The highest BCUT2D eigenvalue weighted by Gasteiger charge is 2.30. The Kier molecular flexibility index (Phi) is 6.75. The van der Waals surface area contributed by atoms with Crippen LogP contribution in [0, 0.1) is 0 Å². The molecule has 0 aromatic rings. The van der Waals surface area contributed by atoms with E-state index in [1.165, 1.54) is 20.0 Å². The Morgan fingerprint density at radius 2 is 2.16 bits per heavy atom. The summed E-state index contributed by atoms with van der Waals surface area (Å²) in [6, 6.07) is 0.600. The quantitative estimate of drug-likeness (QED) is 0.685. The van der Waals surface area contributed by atoms with E-state index in [9.17, 15) is 4.79 Å². The third-order valence-corrected chi connectivity index (χ3v) is 3.51. The SMILES string of the molecule is COC(=O)C(CN1CCCC1CN(C)C)NC(C)C. The minimum absolute atomic E-state index is 0.163. The average molecular weight is 271 g/mol. The van der Waals surface area contributed by atoms with Crippen molar-refractivity contribution in [2.75, 3.05) is 40.8 Å². The number of ether oxygens (including phenoxy) is 1. The van der Waals surface area contributed by atoms with Crippen LogP contribution in [0.3, 0.4) is 0 Å². The Labute approximate surface area is 117 Å². The molecule has 112 valence electrons. The van der Waals surface area contributed by atoms with Gasteiger partial charge >= 0.3 is 5.97 Å². The second kappa shape index (κ2) is 7.82. The van der Waals surface area contributed by atoms with Crippen LogP contribution in [0.5, 0.6) is 0 Å². The van der Waals surface area contributed by atoms with Crippen LogP contribution in [0.1, 0.15) is 26.7 Å². The number of rotatable bonds is 7. The zero-order valence-electron chi connectivity index (χ0n) is 13.0. The number of esters is 1. The van der Waals surface area contributed by atoms with Crippen LogP contribution in [0.25, 0.3) is 0 Å². The Balaban J connectivity index is 2.58. The lowest BCUT2D eigenvalue weighted by molar-refractivity contribution is -0.144. The maximum absolute atomic E-state index is 11.8. The molecular formula is C14H29N3O2. The molecular weight excluding hydrogens is 242 g/mol. The van der Waals surface area contributed by atoms with Crippen molar-refractivity contribution in [2.24, 2.45) is 0 Å². The van der Waals surface area contributed by atoms with E-state index < -0.39 is 0 Å². The lowest BCUT2D eigenvalue weighted by Crippen LogP contribution is -2.51. The Morgan fingerprint density at radius 3 is 2.68 bits per heavy atom. The summed E-state index contributed by atoms with van der Waals surface area (Å²) in [5.41, 5.74) is 0. The third-order valence-electron chi connectivity index (χ3n) is 3.51. The van der Waals surface area contributed by atoms with Gasteiger partial charge in [-0.15, -0.1) is 0 Å². The second-order valence-electron chi connectivity index (χ2n) is 5.95. The summed E-state index contributed by atoms with van der Waals surface area (Å²) in [7, 11) is 5.65. The zero-order chi connectivity index (χ0) is 14.4. The van der Waals surface area contributed by atoms with E-state index in [4.69, 9.17) is 4.74 Å². The molecule has 0 aromatic heterocycles. The monoisotopic (exact) mass is 271 g/mol. The summed E-state index contributed by atoms with van der Waals surface area (Å²) in [5.74, 6) is -0.163. The number of hydrogen-bond donors (Lipinski definition) is 1. The fourth-order valence-electron chi connectivity index (χ4n) is 2.74. The minimum Gasteiger partial charge on any atom is -0.468 e. The summed E-state index contributed by atoms with van der Waals surface area (Å²) in [5, 5.41) is 3.30. The van der Waals surface area contributed by atoms with Gasteiger partial charge in [-0.05, 0) is 33.5 Å². The van der Waals surface area contributed by atoms with Gasteiger partial charge < -0.3 is 15.0 Å². The first-order chi connectivity index (χ1) is 8.93. The van der Waals surface area contributed by atoms with Crippen molar-refractivity contribution in [3.63, 3.8) is 0 Å². The van der Waals surface area contributed by atoms with Gasteiger partial charge in [-0.25, -0.2) is 0 Å². The van der Waals surface area contributed by atoms with E-state index in [0.29, 0.717) is 6.04 Å². The maximum atomic E-state index is 11.8. The minimum atomic E-state index is -0.229. The van der Waals surface area contributed by atoms with Crippen molar-refractivity contribution in [1.82, 2.24) is 15.1 Å². The molecule has 0 spiro atoms. The van der Waals surface area contributed by atoms with Crippen LogP contribution >= 0.6 is 0 Å². The first-order valence-electron chi connectivity index (χ1n) is 7.16. The molecule has 5 heteroatoms. The van der Waals surface area contributed by atoms with Crippen molar-refractivity contribution in [1.29, 1.82) is 0 Å². The number of hydrogen-bond acceptors (Lipinski definition) is 5. The predicted octanol–water partition coefficient (Wildman–Crippen LogP) is 0.552. The molecule has 1 saturated heterocycles. The summed E-state index contributed by atoms with van der Waals surface area (Å²) < 4.78 is 4.90. The predicted molar refractivity (Wildman–Crippen MR) is 77.2 cm³/mol. The van der Waals surface area contributed by atoms with Gasteiger partial charge in [0.1, 0.15) is 6.04 Å². The van der Waals surface area contributed by atoms with E-state index in [2.05, 4.69) is 43.1 Å². The lowest BCUT2D eigenvalue weighted by atomic mass is 10.2. The molecule has 0 amide bonds. The fraction of sp³-hybridized carbons (Fsp3) is 0.929. The molecule has 0 saturated carbocycles. The summed E-state index contributed by atoms with van der Waals surface area (Å²) in [6.07, 6.45) is 2.43. The standard InChI is InChI=1S/C14H29N3O2/c1-11(2)15-13(14(18)19-5)10-17-8-6-7-12(17)9-16(3)4/h11-13,15H,6-10H2,1-5H3. The number of methoxy groups -OCH3 is 1. The van der Waals surface area contributed by atoms with E-state index >= 15 is 0 Å². The number of nitrogens with zero attached hydrogens (tertiary/aromatic N) is 2. The van der Waals surface area contributed by atoms with E-state index in [1.807, 2.05) is 0 Å². The molecule has 1 aliphatic rings. The molecule has 0 radical (unpaired) electrons. The summed E-state index contributed by atoms with van der Waals surface area (Å²) >= 11 is 0. The molecule has 2 unspecified atom stereocenters. The number of carbonyl (C=O) groups excluding carboxylic acids is 1. The van der Waals surface area contributed by atoms with Crippen molar-refractivity contribution in [3.05, 3.63) is 0 Å². The van der Waals surface area contributed by atoms with Gasteiger partial charge in [0.2, 0.25) is 0 Å². The smallest absolute Gasteiger partial charge is 0.324 e. The van der Waals surface area contributed by atoms with Crippen LogP contribution in [0.4, 0.5) is 0 Å². The number of nitrogens with one attached hydrogen (secondary N) is 1. The van der Waals surface area contributed by atoms with Crippen molar-refractivity contribution < 1.29 is 9.53 Å². The molecule has 0 aromatic carbocycles. The van der Waals surface area contributed by atoms with Crippen molar-refractivity contribution in [3.8, 4) is 0 Å². The molecule has 1 N–H and O–H groups in total. The summed E-state index contributed by atoms with van der Waals surface area (Å²) in [4.78, 5) is 16.5. The molecule has 5 nitrogen and oxygen atoms in total.